The summed E-state index contributed by atoms with van der Waals surface area (Å²) in [6.07, 6.45) is 1.57. The molecule has 0 radical (unpaired) electrons. The van der Waals surface area contributed by atoms with Crippen LogP contribution in [0.15, 0.2) is 29.3 Å². The number of aliphatic imine (C=N–C) groups is 1. The second-order valence-electron chi connectivity index (χ2n) is 7.75. The van der Waals surface area contributed by atoms with Crippen molar-refractivity contribution in [2.75, 3.05) is 32.7 Å². The van der Waals surface area contributed by atoms with Crippen LogP contribution in [0.25, 0.3) is 0 Å². The van der Waals surface area contributed by atoms with E-state index in [1.54, 1.807) is 12.1 Å². The minimum Gasteiger partial charge on any atom is -0.435 e. The summed E-state index contributed by atoms with van der Waals surface area (Å²) in [6, 6.07) is 6.47. The summed E-state index contributed by atoms with van der Waals surface area (Å²) in [7, 11) is 0. The molecule has 0 aliphatic carbocycles. The molecule has 0 aromatic heterocycles. The molecule has 1 aromatic rings. The number of benzene rings is 1. The molecule has 1 saturated heterocycles. The Morgan fingerprint density at radius 1 is 1.27 bits per heavy atom. The van der Waals surface area contributed by atoms with Crippen molar-refractivity contribution in [2.45, 2.75) is 52.4 Å². The highest BCUT2D eigenvalue weighted by atomic mass is 127. The predicted octanol–water partition coefficient (Wildman–Crippen LogP) is 3.61. The van der Waals surface area contributed by atoms with Gasteiger partial charge in [0.1, 0.15) is 5.75 Å². The number of alkyl halides is 2. The maximum absolute atomic E-state index is 12.2. The SMILES string of the molecule is CCNC(=NCC(O)c1ccc(OC(F)F)cc1)NC[C@H]1CCCN1CC(C)C.I. The monoisotopic (exact) mass is 540 g/mol. The molecule has 30 heavy (non-hydrogen) atoms. The van der Waals surface area contributed by atoms with Crippen molar-refractivity contribution >= 4 is 29.9 Å². The lowest BCUT2D eigenvalue weighted by molar-refractivity contribution is -0.0498. The number of rotatable bonds is 10. The zero-order valence-corrected chi connectivity index (χ0v) is 20.3. The Labute approximate surface area is 195 Å². The topological polar surface area (TPSA) is 69.1 Å². The molecule has 1 aromatic carbocycles. The summed E-state index contributed by atoms with van der Waals surface area (Å²) in [5.41, 5.74) is 0.602. The van der Waals surface area contributed by atoms with Crippen LogP contribution >= 0.6 is 24.0 Å². The van der Waals surface area contributed by atoms with E-state index in [2.05, 4.69) is 39.1 Å². The molecule has 0 bridgehead atoms. The van der Waals surface area contributed by atoms with Crippen LogP contribution < -0.4 is 15.4 Å². The van der Waals surface area contributed by atoms with Gasteiger partial charge in [0.05, 0.1) is 12.6 Å². The van der Waals surface area contributed by atoms with Crippen molar-refractivity contribution in [1.29, 1.82) is 0 Å². The van der Waals surface area contributed by atoms with Crippen LogP contribution in [0.1, 0.15) is 45.3 Å². The summed E-state index contributed by atoms with van der Waals surface area (Å²) in [5.74, 6) is 1.38. The van der Waals surface area contributed by atoms with Gasteiger partial charge in [-0.05, 0) is 49.9 Å². The first-order valence-electron chi connectivity index (χ1n) is 10.4. The minimum absolute atomic E-state index is 0. The molecule has 0 saturated carbocycles. The molecular weight excluding hydrogens is 505 g/mol. The van der Waals surface area contributed by atoms with E-state index in [0.29, 0.717) is 23.5 Å². The number of hydrogen-bond acceptors (Lipinski definition) is 4. The third-order valence-corrected chi connectivity index (χ3v) is 4.86. The van der Waals surface area contributed by atoms with Crippen LogP contribution in [0.4, 0.5) is 8.78 Å². The zero-order chi connectivity index (χ0) is 21.2. The van der Waals surface area contributed by atoms with Crippen LogP contribution in [0.2, 0.25) is 0 Å². The molecule has 172 valence electrons. The first-order valence-corrected chi connectivity index (χ1v) is 10.4. The number of guanidine groups is 1. The fourth-order valence-electron chi connectivity index (χ4n) is 3.55. The number of ether oxygens (including phenoxy) is 1. The molecule has 2 rings (SSSR count). The number of halogens is 3. The molecule has 1 aliphatic heterocycles. The maximum atomic E-state index is 12.2. The predicted molar refractivity (Wildman–Crippen MR) is 127 cm³/mol. The number of nitrogens with one attached hydrogen (secondary N) is 2. The van der Waals surface area contributed by atoms with E-state index < -0.39 is 12.7 Å². The first kappa shape index (κ1) is 26.8. The van der Waals surface area contributed by atoms with Gasteiger partial charge in [0, 0.05) is 25.7 Å². The van der Waals surface area contributed by atoms with Gasteiger partial charge in [0.15, 0.2) is 5.96 Å². The lowest BCUT2D eigenvalue weighted by Crippen LogP contribution is -2.45. The van der Waals surface area contributed by atoms with Crippen LogP contribution in [-0.2, 0) is 0 Å². The number of nitrogens with zero attached hydrogens (tertiary/aromatic N) is 2. The Kier molecular flexibility index (Phi) is 12.5. The third kappa shape index (κ3) is 9.30. The molecule has 1 unspecified atom stereocenters. The molecule has 9 heteroatoms. The molecule has 0 amide bonds. The Balaban J connectivity index is 0.00000450. The average Bonchev–Trinajstić information content (AvgIpc) is 3.10. The van der Waals surface area contributed by atoms with Crippen molar-refractivity contribution in [2.24, 2.45) is 10.9 Å². The summed E-state index contributed by atoms with van der Waals surface area (Å²) in [6.45, 7) is 7.56. The summed E-state index contributed by atoms with van der Waals surface area (Å²) < 4.78 is 28.8. The average molecular weight is 540 g/mol. The third-order valence-electron chi connectivity index (χ3n) is 4.86. The fraction of sp³-hybridized carbons (Fsp3) is 0.667. The normalized spacial score (nSPS) is 18.4. The van der Waals surface area contributed by atoms with Crippen molar-refractivity contribution in [3.63, 3.8) is 0 Å². The standard InChI is InChI=1S/C21H34F2N4O2.HI/c1-4-24-21(25-12-17-6-5-11-27(17)14-15(2)3)26-13-19(28)16-7-9-18(10-8-16)29-20(22)23;/h7-10,15,17,19-20,28H,4-6,11-14H2,1-3H3,(H2,24,25,26);1H/t17-,19?;/m1./s1. The highest BCUT2D eigenvalue weighted by molar-refractivity contribution is 14.0. The van der Waals surface area contributed by atoms with Crippen molar-refractivity contribution in [3.8, 4) is 5.75 Å². The van der Waals surface area contributed by atoms with Gasteiger partial charge >= 0.3 is 6.61 Å². The van der Waals surface area contributed by atoms with E-state index in [4.69, 9.17) is 0 Å². The highest BCUT2D eigenvalue weighted by Crippen LogP contribution is 2.20. The van der Waals surface area contributed by atoms with Crippen molar-refractivity contribution < 1.29 is 18.6 Å². The van der Waals surface area contributed by atoms with Gasteiger partial charge in [-0.1, -0.05) is 26.0 Å². The highest BCUT2D eigenvalue weighted by Gasteiger charge is 2.24. The summed E-state index contributed by atoms with van der Waals surface area (Å²) >= 11 is 0. The van der Waals surface area contributed by atoms with Gasteiger partial charge in [0.25, 0.3) is 0 Å². The lowest BCUT2D eigenvalue weighted by atomic mass is 10.1. The number of aliphatic hydroxyl groups is 1. The molecule has 2 atom stereocenters. The lowest BCUT2D eigenvalue weighted by Gasteiger charge is -2.27. The Hall–Kier alpha value is -1.20. The van der Waals surface area contributed by atoms with Crippen molar-refractivity contribution in [3.05, 3.63) is 29.8 Å². The second kappa shape index (κ2) is 14.0. The van der Waals surface area contributed by atoms with E-state index in [-0.39, 0.29) is 36.3 Å². The van der Waals surface area contributed by atoms with Gasteiger partial charge in [-0.3, -0.25) is 9.89 Å². The molecular formula is C21H35F2IN4O2. The first-order chi connectivity index (χ1) is 13.9. The molecule has 6 nitrogen and oxygen atoms in total. The van der Waals surface area contributed by atoms with Gasteiger partial charge in [0.2, 0.25) is 0 Å². The Bertz CT molecular complexity index is 632. The molecule has 1 heterocycles. The maximum Gasteiger partial charge on any atom is 0.387 e. The molecule has 0 spiro atoms. The zero-order valence-electron chi connectivity index (χ0n) is 18.0. The quantitative estimate of drug-likeness (QED) is 0.241. The number of likely N-dealkylation sites (tertiary alicyclic amines) is 1. The molecule has 1 fully saturated rings. The minimum atomic E-state index is -2.86. The largest absolute Gasteiger partial charge is 0.435 e. The van der Waals surface area contributed by atoms with Gasteiger partial charge in [-0.2, -0.15) is 8.78 Å². The van der Waals surface area contributed by atoms with E-state index in [0.717, 1.165) is 26.2 Å². The van der Waals surface area contributed by atoms with E-state index in [1.807, 2.05) is 6.92 Å². The van der Waals surface area contributed by atoms with Crippen molar-refractivity contribution in [1.82, 2.24) is 15.5 Å². The van der Waals surface area contributed by atoms with Crippen LogP contribution in [0.5, 0.6) is 5.75 Å². The fourth-order valence-corrected chi connectivity index (χ4v) is 3.55. The van der Waals surface area contributed by atoms with E-state index in [9.17, 15) is 13.9 Å². The number of aliphatic hydroxyl groups excluding tert-OH is 1. The van der Waals surface area contributed by atoms with Crippen LogP contribution in [-0.4, -0.2) is 61.3 Å². The van der Waals surface area contributed by atoms with Crippen LogP contribution in [0, 0.1) is 5.92 Å². The van der Waals surface area contributed by atoms with E-state index in [1.165, 1.54) is 25.0 Å². The summed E-state index contributed by atoms with van der Waals surface area (Å²) in [4.78, 5) is 7.01. The Morgan fingerprint density at radius 3 is 2.57 bits per heavy atom. The number of hydrogen-bond donors (Lipinski definition) is 3. The Morgan fingerprint density at radius 2 is 1.97 bits per heavy atom. The smallest absolute Gasteiger partial charge is 0.387 e. The van der Waals surface area contributed by atoms with Gasteiger partial charge < -0.3 is 20.5 Å². The van der Waals surface area contributed by atoms with Gasteiger partial charge in [-0.25, -0.2) is 0 Å². The van der Waals surface area contributed by atoms with Crippen LogP contribution in [0.3, 0.4) is 0 Å². The summed E-state index contributed by atoms with van der Waals surface area (Å²) in [5, 5.41) is 17.0. The van der Waals surface area contributed by atoms with E-state index >= 15 is 0 Å². The molecule has 1 aliphatic rings. The molecule has 3 N–H and O–H groups in total. The van der Waals surface area contributed by atoms with Gasteiger partial charge in [-0.15, -0.1) is 24.0 Å². The second-order valence-corrected chi connectivity index (χ2v) is 7.75.